The first-order chi connectivity index (χ1) is 10.0. The molecule has 0 aromatic heterocycles. The maximum absolute atomic E-state index is 12.2. The number of aryl methyl sites for hydroxylation is 1. The van der Waals surface area contributed by atoms with Crippen molar-refractivity contribution in [2.75, 3.05) is 11.9 Å². The van der Waals surface area contributed by atoms with E-state index in [1.165, 1.54) is 5.56 Å². The molecular formula is C16H22N2O3. The Morgan fingerprint density at radius 1 is 1.29 bits per heavy atom. The molecule has 0 heterocycles. The highest BCUT2D eigenvalue weighted by Crippen LogP contribution is 2.26. The molecule has 0 bridgehead atoms. The number of hydrogen-bond donors (Lipinski definition) is 2. The lowest BCUT2D eigenvalue weighted by Gasteiger charge is -2.21. The van der Waals surface area contributed by atoms with Crippen molar-refractivity contribution in [3.63, 3.8) is 0 Å². The Morgan fingerprint density at radius 3 is 2.48 bits per heavy atom. The van der Waals surface area contributed by atoms with Crippen LogP contribution in [0.5, 0.6) is 0 Å². The topological polar surface area (TPSA) is 69.6 Å². The number of carbonyl (C=O) groups is 2. The molecule has 0 saturated heterocycles. The van der Waals surface area contributed by atoms with E-state index in [1.54, 1.807) is 11.9 Å². The number of benzene rings is 1. The molecule has 114 valence electrons. The highest BCUT2D eigenvalue weighted by atomic mass is 16.4. The third kappa shape index (κ3) is 3.74. The summed E-state index contributed by atoms with van der Waals surface area (Å²) in [5.41, 5.74) is 2.06. The van der Waals surface area contributed by atoms with Crippen molar-refractivity contribution in [3.05, 3.63) is 29.8 Å². The van der Waals surface area contributed by atoms with Crippen LogP contribution in [0.15, 0.2) is 24.3 Å². The number of anilines is 1. The Labute approximate surface area is 125 Å². The van der Waals surface area contributed by atoms with E-state index in [0.717, 1.165) is 18.5 Å². The summed E-state index contributed by atoms with van der Waals surface area (Å²) in [5, 5.41) is 11.9. The Hall–Kier alpha value is -2.04. The molecule has 0 radical (unpaired) electrons. The normalized spacial score (nSPS) is 21.0. The molecule has 2 N–H and O–H groups in total. The minimum Gasteiger partial charge on any atom is -0.481 e. The zero-order chi connectivity index (χ0) is 15.4. The second kappa shape index (κ2) is 6.61. The molecule has 0 aliphatic heterocycles. The largest absolute Gasteiger partial charge is 0.481 e. The maximum Gasteiger partial charge on any atom is 0.321 e. The maximum atomic E-state index is 12.2. The van der Waals surface area contributed by atoms with Gasteiger partial charge in [-0.2, -0.15) is 0 Å². The molecule has 2 amide bonds. The minimum atomic E-state index is -0.768. The SMILES string of the molecule is CCc1ccc(N(C)C(=O)NC2CCC(C(=O)O)C2)cc1. The van der Waals surface area contributed by atoms with Gasteiger partial charge in [-0.3, -0.25) is 9.69 Å². The molecule has 5 heteroatoms. The lowest BCUT2D eigenvalue weighted by Crippen LogP contribution is -2.42. The molecule has 1 aromatic rings. The monoisotopic (exact) mass is 290 g/mol. The van der Waals surface area contributed by atoms with E-state index in [2.05, 4.69) is 12.2 Å². The van der Waals surface area contributed by atoms with Crippen LogP contribution in [0.2, 0.25) is 0 Å². The average Bonchev–Trinajstić information content (AvgIpc) is 2.95. The van der Waals surface area contributed by atoms with Crippen LogP contribution in [0.3, 0.4) is 0 Å². The zero-order valence-electron chi connectivity index (χ0n) is 12.5. The second-order valence-electron chi connectivity index (χ2n) is 5.57. The fourth-order valence-electron chi connectivity index (χ4n) is 2.68. The first kappa shape index (κ1) is 15.4. The average molecular weight is 290 g/mol. The summed E-state index contributed by atoms with van der Waals surface area (Å²) in [6.07, 6.45) is 2.85. The van der Waals surface area contributed by atoms with Crippen molar-refractivity contribution in [1.82, 2.24) is 5.32 Å². The van der Waals surface area contributed by atoms with Crippen molar-refractivity contribution in [2.45, 2.75) is 38.6 Å². The summed E-state index contributed by atoms with van der Waals surface area (Å²) in [4.78, 5) is 24.7. The van der Waals surface area contributed by atoms with E-state index in [9.17, 15) is 9.59 Å². The van der Waals surface area contributed by atoms with Crippen molar-refractivity contribution in [1.29, 1.82) is 0 Å². The van der Waals surface area contributed by atoms with Gasteiger partial charge in [0.15, 0.2) is 0 Å². The smallest absolute Gasteiger partial charge is 0.321 e. The summed E-state index contributed by atoms with van der Waals surface area (Å²) < 4.78 is 0. The summed E-state index contributed by atoms with van der Waals surface area (Å²) in [6, 6.07) is 7.64. The van der Waals surface area contributed by atoms with Crippen molar-refractivity contribution in [2.24, 2.45) is 5.92 Å². The predicted octanol–water partition coefficient (Wildman–Crippen LogP) is 2.65. The third-order valence-corrected chi connectivity index (χ3v) is 4.15. The number of carbonyl (C=O) groups excluding carboxylic acids is 1. The van der Waals surface area contributed by atoms with Crippen LogP contribution >= 0.6 is 0 Å². The first-order valence-corrected chi connectivity index (χ1v) is 7.37. The van der Waals surface area contributed by atoms with Gasteiger partial charge in [0.2, 0.25) is 0 Å². The van der Waals surface area contributed by atoms with Crippen LogP contribution in [0, 0.1) is 5.92 Å². The molecule has 1 fully saturated rings. The van der Waals surface area contributed by atoms with Crippen LogP contribution in [-0.2, 0) is 11.2 Å². The van der Waals surface area contributed by atoms with Gasteiger partial charge in [-0.15, -0.1) is 0 Å². The van der Waals surface area contributed by atoms with E-state index in [4.69, 9.17) is 5.11 Å². The number of nitrogens with zero attached hydrogens (tertiary/aromatic N) is 1. The number of carboxylic acid groups (broad SMARTS) is 1. The summed E-state index contributed by atoms with van der Waals surface area (Å²) in [7, 11) is 1.72. The molecule has 1 aliphatic rings. The van der Waals surface area contributed by atoms with Gasteiger partial charge in [-0.1, -0.05) is 19.1 Å². The molecule has 1 saturated carbocycles. The van der Waals surface area contributed by atoms with Crippen LogP contribution in [0.25, 0.3) is 0 Å². The molecule has 2 atom stereocenters. The van der Waals surface area contributed by atoms with Gasteiger partial charge in [0, 0.05) is 18.8 Å². The summed E-state index contributed by atoms with van der Waals surface area (Å²) in [5.74, 6) is -1.10. The van der Waals surface area contributed by atoms with Gasteiger partial charge < -0.3 is 10.4 Å². The first-order valence-electron chi connectivity index (χ1n) is 7.37. The van der Waals surface area contributed by atoms with Crippen LogP contribution in [-0.4, -0.2) is 30.2 Å². The van der Waals surface area contributed by atoms with E-state index >= 15 is 0 Å². The summed E-state index contributed by atoms with van der Waals surface area (Å²) in [6.45, 7) is 2.09. The Morgan fingerprint density at radius 2 is 1.95 bits per heavy atom. The lowest BCUT2D eigenvalue weighted by atomic mass is 10.1. The highest BCUT2D eigenvalue weighted by Gasteiger charge is 2.31. The number of hydrogen-bond acceptors (Lipinski definition) is 2. The fraction of sp³-hybridized carbons (Fsp3) is 0.500. The Bertz CT molecular complexity index is 513. The van der Waals surface area contributed by atoms with Gasteiger partial charge in [0.1, 0.15) is 0 Å². The zero-order valence-corrected chi connectivity index (χ0v) is 12.5. The molecule has 1 aliphatic carbocycles. The van der Waals surface area contributed by atoms with E-state index in [-0.39, 0.29) is 18.0 Å². The molecule has 5 nitrogen and oxygen atoms in total. The van der Waals surface area contributed by atoms with Gasteiger partial charge in [0.25, 0.3) is 0 Å². The van der Waals surface area contributed by atoms with Crippen LogP contribution in [0.4, 0.5) is 10.5 Å². The van der Waals surface area contributed by atoms with Gasteiger partial charge in [-0.05, 0) is 43.4 Å². The van der Waals surface area contributed by atoms with Gasteiger partial charge >= 0.3 is 12.0 Å². The molecule has 2 rings (SSSR count). The minimum absolute atomic E-state index is 0.0454. The quantitative estimate of drug-likeness (QED) is 0.895. The number of urea groups is 1. The molecule has 21 heavy (non-hydrogen) atoms. The second-order valence-corrected chi connectivity index (χ2v) is 5.57. The van der Waals surface area contributed by atoms with Crippen molar-refractivity contribution < 1.29 is 14.7 Å². The lowest BCUT2D eigenvalue weighted by molar-refractivity contribution is -0.141. The number of nitrogens with one attached hydrogen (secondary N) is 1. The third-order valence-electron chi connectivity index (χ3n) is 4.15. The Balaban J connectivity index is 1.92. The summed E-state index contributed by atoms with van der Waals surface area (Å²) >= 11 is 0. The van der Waals surface area contributed by atoms with Crippen LogP contribution in [0.1, 0.15) is 31.7 Å². The molecule has 1 aromatic carbocycles. The molecule has 2 unspecified atom stereocenters. The van der Waals surface area contributed by atoms with Crippen molar-refractivity contribution >= 4 is 17.7 Å². The van der Waals surface area contributed by atoms with Gasteiger partial charge in [0.05, 0.1) is 5.92 Å². The van der Waals surface area contributed by atoms with E-state index in [0.29, 0.717) is 12.8 Å². The number of aliphatic carboxylic acids is 1. The van der Waals surface area contributed by atoms with Crippen LogP contribution < -0.4 is 10.2 Å². The van der Waals surface area contributed by atoms with Crippen molar-refractivity contribution in [3.8, 4) is 0 Å². The Kier molecular flexibility index (Phi) is 4.83. The number of amides is 2. The fourth-order valence-corrected chi connectivity index (χ4v) is 2.68. The number of rotatable bonds is 4. The highest BCUT2D eigenvalue weighted by molar-refractivity contribution is 5.91. The van der Waals surface area contributed by atoms with Gasteiger partial charge in [-0.25, -0.2) is 4.79 Å². The number of carboxylic acids is 1. The predicted molar refractivity (Wildman–Crippen MR) is 81.5 cm³/mol. The standard InChI is InChI=1S/C16H22N2O3/c1-3-11-4-8-14(9-5-11)18(2)16(21)17-13-7-6-12(10-13)15(19)20/h4-5,8-9,12-13H,3,6-7,10H2,1-2H3,(H,17,21)(H,19,20). The van der Waals surface area contributed by atoms with E-state index in [1.807, 2.05) is 24.3 Å². The molecular weight excluding hydrogens is 268 g/mol. The molecule has 0 spiro atoms. The van der Waals surface area contributed by atoms with E-state index < -0.39 is 5.97 Å².